The Labute approximate surface area is 700 Å². The molecule has 660 valence electrons. The van der Waals surface area contributed by atoms with Gasteiger partial charge < -0.3 is 71.0 Å². The smallest absolute Gasteiger partial charge is 0.331 e. The molecule has 0 aliphatic heterocycles. The number of carbonyl (C=O) groups is 4. The maximum Gasteiger partial charge on any atom is 0.331 e. The summed E-state index contributed by atoms with van der Waals surface area (Å²) in [6, 6.07) is 26.1. The number of carboxylic acid groups (broad SMARTS) is 2. The van der Waals surface area contributed by atoms with E-state index in [1.807, 2.05) is 0 Å². The summed E-state index contributed by atoms with van der Waals surface area (Å²) >= 11 is 0. The lowest BCUT2D eigenvalue weighted by Gasteiger charge is -2.11. The Morgan fingerprint density at radius 1 is 0.325 bits per heavy atom. The van der Waals surface area contributed by atoms with Gasteiger partial charge in [0.25, 0.3) is 11.8 Å². The molecule has 2 amide bonds. The standard InChI is InChI=1S/C40H42F4N8O10S2.C38H36F4N2O12S2.CH4/c1-23(37(53)51-39(45)46)17-25-19-31(41)35(32(42)20-25)61-27-3-7-29(8-4-27)63(55,56)49-11-13-59-15-16-60-14-12-50-64(57,58)30-9-5-28(6-10-30)62-36-33(43)21-26(22-34(36)44)18-24(2)38(54)52-40(47)48;1-23(37(45)46)17-25-19-31(39)35(32(40)20-25)55-27-3-7-29(8-4-27)57(49,50)43-11-13-53-15-16-54-14-12-44-58(51,52)30-9-5-28(6-10-30)56-36-33(41)21-26(22-34(36)42)18-24(2)38(47)48;/h3-10,17-22,49-50H,11-16H2,1-2H3,(H4,45,46,51,53)(H4,47,48,52,54);3-10,17-22,43-44H,11-16H2,1-2H3,(H,45,46)(H,47,48);1H4/b2*23-17+,24-18+;. The zero-order chi connectivity index (χ0) is 89.8. The van der Waals surface area contributed by atoms with Gasteiger partial charge in [-0.1, -0.05) is 7.43 Å². The topological polar surface area (TPSA) is 496 Å². The number of rotatable bonds is 42. The Balaban J connectivity index is 0.000000379. The lowest BCUT2D eigenvalue weighted by molar-refractivity contribution is -0.133. The third-order valence-electron chi connectivity index (χ3n) is 15.7. The van der Waals surface area contributed by atoms with Crippen molar-refractivity contribution in [3.05, 3.63) is 237 Å². The normalized spacial score (nSPS) is 12.1. The fourth-order valence-electron chi connectivity index (χ4n) is 9.89. The molecule has 0 bridgehead atoms. The molecule has 8 rings (SSSR count). The zero-order valence-electron chi connectivity index (χ0n) is 64.6. The van der Waals surface area contributed by atoms with Crippen LogP contribution in [0, 0.1) is 46.5 Å². The summed E-state index contributed by atoms with van der Waals surface area (Å²) in [5, 5.41) is 17.9. The molecule has 0 fully saturated rings. The predicted molar refractivity (Wildman–Crippen MR) is 434 cm³/mol. The lowest BCUT2D eigenvalue weighted by atomic mass is 10.1. The predicted octanol–water partition coefficient (Wildman–Crippen LogP) is 10.3. The van der Waals surface area contributed by atoms with Gasteiger partial charge >= 0.3 is 11.9 Å². The SMILES string of the molecule is C.C/C(=C\c1cc(F)c(Oc2ccc(S(=O)(=O)NCCOCCOCCNS(=O)(=O)c3ccc(Oc4c(F)cc(/C=C(\C)C(=O)N=C(N)N)cc4F)cc3)cc2)c(F)c1)C(=O)N=C(N)N.C/C(=C\c1cc(F)c(Oc2ccc(S(=O)(=O)NCCOCCOCCNS(=O)(=O)c3ccc(Oc4c(F)cc(/C=C(\C)C(=O)O)cc4F)cc3)cc2)c(F)c1)C(=O)O. The number of carbonyl (C=O) groups excluding carboxylic acids is 2. The molecule has 0 aliphatic carbocycles. The number of nitrogens with one attached hydrogen (secondary N) is 4. The zero-order valence-corrected chi connectivity index (χ0v) is 67.8. The number of guanidine groups is 2. The third kappa shape index (κ3) is 31.3. The number of carboxylic acids is 2. The highest BCUT2D eigenvalue weighted by atomic mass is 32.2. The van der Waals surface area contributed by atoms with Crippen LogP contribution in [0.4, 0.5) is 35.1 Å². The second kappa shape index (κ2) is 46.1. The van der Waals surface area contributed by atoms with Crippen molar-refractivity contribution in [2.24, 2.45) is 32.9 Å². The largest absolute Gasteiger partial charge is 0.478 e. The molecule has 0 aromatic heterocycles. The van der Waals surface area contributed by atoms with Crippen molar-refractivity contribution in [2.75, 3.05) is 79.0 Å². The second-order valence-electron chi connectivity index (χ2n) is 25.2. The van der Waals surface area contributed by atoms with Crippen LogP contribution in [-0.4, -0.2) is 159 Å². The molecule has 0 spiro atoms. The highest BCUT2D eigenvalue weighted by molar-refractivity contribution is 7.90. The van der Waals surface area contributed by atoms with Crippen LogP contribution in [0.2, 0.25) is 0 Å². The number of nitrogens with two attached hydrogens (primary N) is 4. The monoisotopic (exact) mass is 1800 g/mol. The van der Waals surface area contributed by atoms with Crippen molar-refractivity contribution in [1.29, 1.82) is 0 Å². The number of hydrogen-bond acceptors (Lipinski definition) is 20. The second-order valence-corrected chi connectivity index (χ2v) is 32.3. The summed E-state index contributed by atoms with van der Waals surface area (Å²) in [6.07, 6.45) is 4.51. The molecule has 8 aromatic carbocycles. The van der Waals surface area contributed by atoms with E-state index in [1.165, 1.54) is 88.4 Å². The lowest BCUT2D eigenvalue weighted by Crippen LogP contribution is -2.28. The number of hydrogen-bond donors (Lipinski definition) is 10. The minimum absolute atomic E-state index is 0. The van der Waals surface area contributed by atoms with Gasteiger partial charge in [-0.2, -0.15) is 9.98 Å². The van der Waals surface area contributed by atoms with Gasteiger partial charge in [-0.25, -0.2) is 97.3 Å². The molecule has 0 aliphatic rings. The Bertz CT molecular complexity index is 5360. The van der Waals surface area contributed by atoms with Crippen LogP contribution in [0.1, 0.15) is 57.4 Å². The van der Waals surface area contributed by atoms with Crippen molar-refractivity contribution in [1.82, 2.24) is 18.9 Å². The van der Waals surface area contributed by atoms with Gasteiger partial charge in [0.15, 0.2) is 81.5 Å². The van der Waals surface area contributed by atoms with Crippen LogP contribution >= 0.6 is 0 Å². The molecule has 0 saturated heterocycles. The molecule has 8 aromatic rings. The van der Waals surface area contributed by atoms with E-state index >= 15 is 0 Å². The molecule has 0 radical (unpaired) electrons. The van der Waals surface area contributed by atoms with Crippen LogP contribution in [0.3, 0.4) is 0 Å². The molecular formula is C79H82F8N10O22S4. The van der Waals surface area contributed by atoms with Gasteiger partial charge in [0.05, 0.1) is 72.4 Å². The molecule has 0 atom stereocenters. The van der Waals surface area contributed by atoms with E-state index in [0.717, 1.165) is 109 Å². The highest BCUT2D eigenvalue weighted by Gasteiger charge is 2.24. The quantitative estimate of drug-likeness (QED) is 0.00559. The average molecular weight is 1800 g/mol. The first-order valence-corrected chi connectivity index (χ1v) is 41.3. The number of ether oxygens (including phenoxy) is 8. The van der Waals surface area contributed by atoms with E-state index in [0.29, 0.717) is 0 Å². The minimum Gasteiger partial charge on any atom is -0.478 e. The highest BCUT2D eigenvalue weighted by Crippen LogP contribution is 2.35. The fourth-order valence-corrected chi connectivity index (χ4v) is 13.9. The van der Waals surface area contributed by atoms with Gasteiger partial charge in [0, 0.05) is 48.5 Å². The molecule has 0 saturated carbocycles. The number of aliphatic carboxylic acids is 2. The Kier molecular flexibility index (Phi) is 37.3. The number of benzene rings is 8. The Morgan fingerprint density at radius 2 is 0.504 bits per heavy atom. The summed E-state index contributed by atoms with van der Waals surface area (Å²) in [7, 11) is -16.0. The molecule has 0 unspecified atom stereocenters. The molecule has 14 N–H and O–H groups in total. The Hall–Kier alpha value is -12.3. The van der Waals surface area contributed by atoms with E-state index in [4.69, 9.17) is 71.0 Å². The number of halogens is 8. The molecule has 123 heavy (non-hydrogen) atoms. The van der Waals surface area contributed by atoms with Gasteiger partial charge in [-0.3, -0.25) is 9.59 Å². The van der Waals surface area contributed by atoms with E-state index in [9.17, 15) is 88.0 Å². The molecule has 44 heteroatoms. The van der Waals surface area contributed by atoms with Crippen molar-refractivity contribution in [2.45, 2.75) is 54.7 Å². The summed E-state index contributed by atoms with van der Waals surface area (Å²) in [5.41, 5.74) is 20.3. The van der Waals surface area contributed by atoms with E-state index < -0.39 is 145 Å². The summed E-state index contributed by atoms with van der Waals surface area (Å²) in [4.78, 5) is 51.7. The first-order valence-electron chi connectivity index (χ1n) is 35.4. The van der Waals surface area contributed by atoms with Crippen LogP contribution < -0.4 is 60.8 Å². The number of aliphatic imine (C=N–C) groups is 2. The van der Waals surface area contributed by atoms with Gasteiger partial charge in [0.1, 0.15) is 23.0 Å². The first kappa shape index (κ1) is 99.5. The van der Waals surface area contributed by atoms with Crippen LogP contribution in [0.15, 0.2) is 197 Å². The molecule has 0 heterocycles. The van der Waals surface area contributed by atoms with E-state index in [-0.39, 0.29) is 174 Å². The van der Waals surface area contributed by atoms with Crippen LogP contribution in [0.5, 0.6) is 46.0 Å². The fraction of sp³-hybridized carbons (Fsp3) is 0.215. The number of amides is 2. The third-order valence-corrected chi connectivity index (χ3v) is 21.6. The first-order chi connectivity index (χ1) is 57.5. The summed E-state index contributed by atoms with van der Waals surface area (Å²) in [5.74, 6) is -17.2. The van der Waals surface area contributed by atoms with Crippen molar-refractivity contribution < 1.29 is 136 Å². The minimum atomic E-state index is -4.01. The van der Waals surface area contributed by atoms with Crippen molar-refractivity contribution in [3.8, 4) is 46.0 Å². The average Bonchev–Trinajstić information content (AvgIpc) is 0.823. The van der Waals surface area contributed by atoms with Crippen molar-refractivity contribution >= 4 is 100 Å². The maximum absolute atomic E-state index is 14.7. The van der Waals surface area contributed by atoms with Crippen LogP contribution in [-0.2, 0) is 78.2 Å². The number of nitrogens with zero attached hydrogens (tertiary/aromatic N) is 2. The van der Waals surface area contributed by atoms with E-state index in [1.54, 1.807) is 0 Å². The maximum atomic E-state index is 14.7. The molecular weight excluding hydrogens is 1720 g/mol. The summed E-state index contributed by atoms with van der Waals surface area (Å²) in [6.45, 7) is 4.74. The number of sulfonamides is 4. The Morgan fingerprint density at radius 3 is 0.675 bits per heavy atom. The van der Waals surface area contributed by atoms with Gasteiger partial charge in [-0.05, 0) is 220 Å². The van der Waals surface area contributed by atoms with E-state index in [2.05, 4.69) is 28.9 Å². The molecule has 32 nitrogen and oxygen atoms in total. The van der Waals surface area contributed by atoms with Gasteiger partial charge in [0.2, 0.25) is 40.1 Å². The summed E-state index contributed by atoms with van der Waals surface area (Å²) < 4.78 is 270. The van der Waals surface area contributed by atoms with Crippen molar-refractivity contribution in [3.63, 3.8) is 0 Å². The van der Waals surface area contributed by atoms with Crippen LogP contribution in [0.25, 0.3) is 24.3 Å². The van der Waals surface area contributed by atoms with Gasteiger partial charge in [-0.15, -0.1) is 0 Å².